The Balaban J connectivity index is 4.78. The zero-order valence-corrected chi connectivity index (χ0v) is 11.5. The standard InChI is InChI=1S/C12H23F3N2O/c1-5-7-8-17(9-12(13,14)15)10(18)11(3,4)16-6-2/h16H,5-9H2,1-4H3. The monoisotopic (exact) mass is 268 g/mol. The number of likely N-dealkylation sites (N-methyl/N-ethyl adjacent to an activating group) is 1. The molecule has 1 N–H and O–H groups in total. The quantitative estimate of drug-likeness (QED) is 0.769. The summed E-state index contributed by atoms with van der Waals surface area (Å²) in [6, 6.07) is 0. The van der Waals surface area contributed by atoms with E-state index in [1.165, 1.54) is 0 Å². The van der Waals surface area contributed by atoms with E-state index < -0.39 is 24.2 Å². The van der Waals surface area contributed by atoms with Crippen molar-refractivity contribution < 1.29 is 18.0 Å². The molecule has 108 valence electrons. The Hall–Kier alpha value is -0.780. The Morgan fingerprint density at radius 1 is 1.22 bits per heavy atom. The molecule has 0 rings (SSSR count). The zero-order chi connectivity index (χ0) is 14.4. The molecule has 0 heterocycles. The molecule has 0 atom stereocenters. The molecule has 0 fully saturated rings. The number of carbonyl (C=O) groups excluding carboxylic acids is 1. The third kappa shape index (κ3) is 6.23. The van der Waals surface area contributed by atoms with Crippen molar-refractivity contribution in [2.45, 2.75) is 52.3 Å². The van der Waals surface area contributed by atoms with E-state index in [4.69, 9.17) is 0 Å². The third-order valence-electron chi connectivity index (χ3n) is 2.59. The molecule has 0 aromatic rings. The van der Waals surface area contributed by atoms with Gasteiger partial charge in [-0.3, -0.25) is 4.79 Å². The van der Waals surface area contributed by atoms with Crippen LogP contribution in [0.4, 0.5) is 13.2 Å². The van der Waals surface area contributed by atoms with Crippen LogP contribution in [-0.4, -0.2) is 42.2 Å². The maximum atomic E-state index is 12.5. The molecule has 0 aliphatic carbocycles. The molecular weight excluding hydrogens is 245 g/mol. The van der Waals surface area contributed by atoms with Gasteiger partial charge >= 0.3 is 6.18 Å². The van der Waals surface area contributed by atoms with Crippen molar-refractivity contribution in [1.82, 2.24) is 10.2 Å². The minimum Gasteiger partial charge on any atom is -0.332 e. The van der Waals surface area contributed by atoms with Crippen LogP contribution in [-0.2, 0) is 4.79 Å². The molecule has 0 saturated heterocycles. The normalized spacial score (nSPS) is 12.6. The molecule has 0 radical (unpaired) electrons. The molecule has 0 aliphatic heterocycles. The maximum Gasteiger partial charge on any atom is 0.406 e. The fourth-order valence-corrected chi connectivity index (χ4v) is 1.73. The Morgan fingerprint density at radius 3 is 2.17 bits per heavy atom. The number of amides is 1. The van der Waals surface area contributed by atoms with Crippen LogP contribution in [0, 0.1) is 0 Å². The minimum absolute atomic E-state index is 0.143. The molecule has 0 aromatic carbocycles. The first-order chi connectivity index (χ1) is 8.14. The Labute approximate surface area is 107 Å². The second kappa shape index (κ2) is 6.97. The summed E-state index contributed by atoms with van der Waals surface area (Å²) < 4.78 is 37.4. The average Bonchev–Trinajstić information content (AvgIpc) is 2.21. The van der Waals surface area contributed by atoms with E-state index >= 15 is 0 Å². The molecule has 0 aliphatic rings. The zero-order valence-electron chi connectivity index (χ0n) is 11.5. The van der Waals surface area contributed by atoms with Gasteiger partial charge in [-0.15, -0.1) is 0 Å². The Kier molecular flexibility index (Phi) is 6.67. The molecule has 0 unspecified atom stereocenters. The number of hydrogen-bond donors (Lipinski definition) is 1. The summed E-state index contributed by atoms with van der Waals surface area (Å²) in [5.74, 6) is -0.505. The molecule has 0 aromatic heterocycles. The lowest BCUT2D eigenvalue weighted by Crippen LogP contribution is -2.55. The first-order valence-corrected chi connectivity index (χ1v) is 6.25. The Bertz CT molecular complexity index is 265. The number of nitrogens with one attached hydrogen (secondary N) is 1. The molecule has 3 nitrogen and oxygen atoms in total. The van der Waals surface area contributed by atoms with E-state index in [2.05, 4.69) is 5.32 Å². The average molecular weight is 268 g/mol. The number of nitrogens with zero attached hydrogens (tertiary/aromatic N) is 1. The van der Waals surface area contributed by atoms with Gasteiger partial charge in [0.2, 0.25) is 5.91 Å². The molecular formula is C12H23F3N2O. The van der Waals surface area contributed by atoms with E-state index in [0.717, 1.165) is 11.3 Å². The van der Waals surface area contributed by atoms with Crippen LogP contribution >= 0.6 is 0 Å². The number of alkyl halides is 3. The lowest BCUT2D eigenvalue weighted by Gasteiger charge is -2.33. The molecule has 18 heavy (non-hydrogen) atoms. The highest BCUT2D eigenvalue weighted by Crippen LogP contribution is 2.19. The van der Waals surface area contributed by atoms with Crippen LogP contribution in [0.3, 0.4) is 0 Å². The van der Waals surface area contributed by atoms with Crippen molar-refractivity contribution in [3.8, 4) is 0 Å². The van der Waals surface area contributed by atoms with Crippen LogP contribution in [0.2, 0.25) is 0 Å². The highest BCUT2D eigenvalue weighted by Gasteiger charge is 2.37. The predicted molar refractivity (Wildman–Crippen MR) is 65.3 cm³/mol. The van der Waals surface area contributed by atoms with Crippen molar-refractivity contribution in [1.29, 1.82) is 0 Å². The fraction of sp³-hybridized carbons (Fsp3) is 0.917. The number of rotatable bonds is 7. The summed E-state index contributed by atoms with van der Waals surface area (Å²) in [6.07, 6.45) is -3.03. The van der Waals surface area contributed by atoms with E-state index in [0.29, 0.717) is 13.0 Å². The van der Waals surface area contributed by atoms with Crippen molar-refractivity contribution in [2.24, 2.45) is 0 Å². The molecule has 0 saturated carbocycles. The SMILES string of the molecule is CCCCN(CC(F)(F)F)C(=O)C(C)(C)NCC. The number of carbonyl (C=O) groups is 1. The topological polar surface area (TPSA) is 32.3 Å². The van der Waals surface area contributed by atoms with E-state index in [-0.39, 0.29) is 6.54 Å². The molecule has 1 amide bonds. The van der Waals surface area contributed by atoms with E-state index in [9.17, 15) is 18.0 Å². The highest BCUT2D eigenvalue weighted by atomic mass is 19.4. The summed E-state index contributed by atoms with van der Waals surface area (Å²) in [5.41, 5.74) is -0.965. The first-order valence-electron chi connectivity index (χ1n) is 6.25. The minimum atomic E-state index is -4.36. The van der Waals surface area contributed by atoms with Gasteiger partial charge in [-0.05, 0) is 26.8 Å². The van der Waals surface area contributed by atoms with Gasteiger partial charge < -0.3 is 10.2 Å². The second-order valence-electron chi connectivity index (χ2n) is 4.85. The van der Waals surface area contributed by atoms with E-state index in [1.54, 1.807) is 13.8 Å². The number of halogens is 3. The fourth-order valence-electron chi connectivity index (χ4n) is 1.73. The van der Waals surface area contributed by atoms with Crippen LogP contribution in [0.1, 0.15) is 40.5 Å². The van der Waals surface area contributed by atoms with E-state index in [1.807, 2.05) is 13.8 Å². The second-order valence-corrected chi connectivity index (χ2v) is 4.85. The van der Waals surface area contributed by atoms with Crippen LogP contribution in [0.15, 0.2) is 0 Å². The molecule has 0 spiro atoms. The largest absolute Gasteiger partial charge is 0.406 e. The van der Waals surface area contributed by atoms with Crippen LogP contribution < -0.4 is 5.32 Å². The van der Waals surface area contributed by atoms with Gasteiger partial charge in [-0.1, -0.05) is 20.3 Å². The van der Waals surface area contributed by atoms with Gasteiger partial charge in [-0.25, -0.2) is 0 Å². The summed E-state index contributed by atoms with van der Waals surface area (Å²) >= 11 is 0. The van der Waals surface area contributed by atoms with Gasteiger partial charge in [0.1, 0.15) is 6.54 Å². The van der Waals surface area contributed by atoms with Gasteiger partial charge in [-0.2, -0.15) is 13.2 Å². The predicted octanol–water partition coefficient (Wildman–Crippen LogP) is 2.57. The maximum absolute atomic E-state index is 12.5. The van der Waals surface area contributed by atoms with Crippen molar-refractivity contribution >= 4 is 5.91 Å². The van der Waals surface area contributed by atoms with Gasteiger partial charge in [0.05, 0.1) is 5.54 Å². The summed E-state index contributed by atoms with van der Waals surface area (Å²) in [6.45, 7) is 6.40. The summed E-state index contributed by atoms with van der Waals surface area (Å²) in [4.78, 5) is 13.0. The van der Waals surface area contributed by atoms with Crippen molar-refractivity contribution in [3.05, 3.63) is 0 Å². The lowest BCUT2D eigenvalue weighted by molar-refractivity contribution is -0.164. The Morgan fingerprint density at radius 2 is 1.78 bits per heavy atom. The van der Waals surface area contributed by atoms with Crippen molar-refractivity contribution in [3.63, 3.8) is 0 Å². The summed E-state index contributed by atoms with van der Waals surface area (Å²) in [7, 11) is 0. The first kappa shape index (κ1) is 17.2. The van der Waals surface area contributed by atoms with Crippen LogP contribution in [0.25, 0.3) is 0 Å². The molecule has 6 heteroatoms. The van der Waals surface area contributed by atoms with Crippen LogP contribution in [0.5, 0.6) is 0 Å². The van der Waals surface area contributed by atoms with Crippen molar-refractivity contribution in [2.75, 3.05) is 19.6 Å². The van der Waals surface area contributed by atoms with Gasteiger partial charge in [0, 0.05) is 6.54 Å². The summed E-state index contributed by atoms with van der Waals surface area (Å²) in [5, 5.41) is 2.91. The molecule has 0 bridgehead atoms. The van der Waals surface area contributed by atoms with Gasteiger partial charge in [0.15, 0.2) is 0 Å². The lowest BCUT2D eigenvalue weighted by atomic mass is 10.0. The van der Waals surface area contributed by atoms with Gasteiger partial charge in [0.25, 0.3) is 0 Å². The number of unbranched alkanes of at least 4 members (excludes halogenated alkanes) is 1. The number of hydrogen-bond acceptors (Lipinski definition) is 2. The highest BCUT2D eigenvalue weighted by molar-refractivity contribution is 5.85. The smallest absolute Gasteiger partial charge is 0.332 e. The third-order valence-corrected chi connectivity index (χ3v) is 2.59.